The molecule has 0 saturated carbocycles. The second-order valence-corrected chi connectivity index (χ2v) is 5.08. The van der Waals surface area contributed by atoms with Crippen molar-refractivity contribution in [1.82, 2.24) is 0 Å². The fourth-order valence-corrected chi connectivity index (χ4v) is 2.14. The lowest BCUT2D eigenvalue weighted by Crippen LogP contribution is -1.94. The first-order chi connectivity index (χ1) is 8.86. The Kier molecular flexibility index (Phi) is 5.42. The molecule has 0 saturated heterocycles. The smallest absolute Gasteiger partial charge is 0.0731 e. The first kappa shape index (κ1) is 13.3. The van der Waals surface area contributed by atoms with Crippen LogP contribution in [-0.4, -0.2) is 6.61 Å². The van der Waals surface area contributed by atoms with Crippen molar-refractivity contribution in [3.05, 3.63) is 75.4 Å². The predicted molar refractivity (Wildman–Crippen MR) is 84.3 cm³/mol. The Morgan fingerprint density at radius 3 is 2.44 bits per heavy atom. The highest BCUT2D eigenvalue weighted by Gasteiger charge is 1.96. The van der Waals surface area contributed by atoms with Crippen LogP contribution in [0, 0.1) is 3.57 Å². The first-order valence-electron chi connectivity index (χ1n) is 5.89. The zero-order chi connectivity index (χ0) is 12.6. The second-order valence-electron chi connectivity index (χ2n) is 3.92. The fourth-order valence-electron chi connectivity index (χ4n) is 1.60. The number of rotatable bonds is 5. The van der Waals surface area contributed by atoms with Gasteiger partial charge in [-0.3, -0.25) is 0 Å². The molecular formula is C16H15IO. The molecule has 0 bridgehead atoms. The molecule has 0 aliphatic rings. The predicted octanol–water partition coefficient (Wildman–Crippen LogP) is 4.52. The average molecular weight is 350 g/mol. The van der Waals surface area contributed by atoms with Gasteiger partial charge in [-0.05, 0) is 39.8 Å². The van der Waals surface area contributed by atoms with E-state index in [1.165, 1.54) is 14.7 Å². The molecule has 0 aliphatic carbocycles. The summed E-state index contributed by atoms with van der Waals surface area (Å²) in [4.78, 5) is 0. The van der Waals surface area contributed by atoms with Crippen molar-refractivity contribution >= 4 is 28.7 Å². The molecular weight excluding hydrogens is 335 g/mol. The van der Waals surface area contributed by atoms with E-state index >= 15 is 0 Å². The summed E-state index contributed by atoms with van der Waals surface area (Å²) in [6.45, 7) is 1.30. The molecule has 92 valence electrons. The van der Waals surface area contributed by atoms with Gasteiger partial charge in [-0.2, -0.15) is 0 Å². The van der Waals surface area contributed by atoms with Gasteiger partial charge in [-0.15, -0.1) is 0 Å². The zero-order valence-corrected chi connectivity index (χ0v) is 12.2. The van der Waals surface area contributed by atoms with Crippen molar-refractivity contribution in [2.75, 3.05) is 6.61 Å². The van der Waals surface area contributed by atoms with Crippen LogP contribution in [0.3, 0.4) is 0 Å². The lowest BCUT2D eigenvalue weighted by atomic mass is 10.2. The van der Waals surface area contributed by atoms with Gasteiger partial charge >= 0.3 is 0 Å². The second kappa shape index (κ2) is 7.34. The molecule has 0 aromatic heterocycles. The standard InChI is InChI=1S/C16H15IO/c17-16-11-5-4-10-15(16)13-18-12-6-9-14-7-2-1-3-8-14/h1-11H,12-13H2/b9-6+. The van der Waals surface area contributed by atoms with Gasteiger partial charge in [-0.25, -0.2) is 0 Å². The monoisotopic (exact) mass is 350 g/mol. The van der Waals surface area contributed by atoms with Crippen LogP contribution in [0.4, 0.5) is 0 Å². The molecule has 0 amide bonds. The van der Waals surface area contributed by atoms with Crippen LogP contribution < -0.4 is 0 Å². The van der Waals surface area contributed by atoms with Gasteiger partial charge < -0.3 is 4.74 Å². The highest BCUT2D eigenvalue weighted by atomic mass is 127. The number of hydrogen-bond acceptors (Lipinski definition) is 1. The molecule has 2 aromatic rings. The summed E-state index contributed by atoms with van der Waals surface area (Å²) in [5.74, 6) is 0. The van der Waals surface area contributed by atoms with E-state index in [0.29, 0.717) is 13.2 Å². The van der Waals surface area contributed by atoms with E-state index in [0.717, 1.165) is 0 Å². The van der Waals surface area contributed by atoms with Crippen molar-refractivity contribution in [2.24, 2.45) is 0 Å². The van der Waals surface area contributed by atoms with Crippen LogP contribution in [0.25, 0.3) is 6.08 Å². The minimum Gasteiger partial charge on any atom is -0.373 e. The molecule has 0 N–H and O–H groups in total. The Bertz CT molecular complexity index is 506. The van der Waals surface area contributed by atoms with Crippen molar-refractivity contribution in [1.29, 1.82) is 0 Å². The third kappa shape index (κ3) is 4.27. The number of ether oxygens (including phenoxy) is 1. The van der Waals surface area contributed by atoms with E-state index in [1.807, 2.05) is 36.4 Å². The molecule has 0 heterocycles. The Labute approximate surface area is 122 Å². The molecule has 0 fully saturated rings. The molecule has 0 spiro atoms. The van der Waals surface area contributed by atoms with E-state index < -0.39 is 0 Å². The maximum Gasteiger partial charge on any atom is 0.0731 e. The van der Waals surface area contributed by atoms with Crippen molar-refractivity contribution in [3.8, 4) is 0 Å². The largest absolute Gasteiger partial charge is 0.373 e. The molecule has 1 nitrogen and oxygen atoms in total. The van der Waals surface area contributed by atoms with Crippen LogP contribution in [0.1, 0.15) is 11.1 Å². The van der Waals surface area contributed by atoms with E-state index in [-0.39, 0.29) is 0 Å². The van der Waals surface area contributed by atoms with Crippen LogP contribution in [0.2, 0.25) is 0 Å². The number of hydrogen-bond donors (Lipinski definition) is 0. The minimum atomic E-state index is 0.639. The normalized spacial score (nSPS) is 10.9. The third-order valence-corrected chi connectivity index (χ3v) is 3.59. The van der Waals surface area contributed by atoms with Gasteiger partial charge in [-0.1, -0.05) is 60.7 Å². The molecule has 0 unspecified atom stereocenters. The van der Waals surface area contributed by atoms with Crippen LogP contribution in [0.5, 0.6) is 0 Å². The molecule has 18 heavy (non-hydrogen) atoms. The van der Waals surface area contributed by atoms with Gasteiger partial charge in [0.1, 0.15) is 0 Å². The van der Waals surface area contributed by atoms with E-state index in [9.17, 15) is 0 Å². The molecule has 2 heteroatoms. The van der Waals surface area contributed by atoms with Gasteiger partial charge in [0, 0.05) is 3.57 Å². The maximum absolute atomic E-state index is 5.63. The van der Waals surface area contributed by atoms with Gasteiger partial charge in [0.05, 0.1) is 13.2 Å². The third-order valence-electron chi connectivity index (χ3n) is 2.54. The molecule has 0 atom stereocenters. The van der Waals surface area contributed by atoms with Crippen LogP contribution >= 0.6 is 22.6 Å². The fraction of sp³-hybridized carbons (Fsp3) is 0.125. The molecule has 0 radical (unpaired) electrons. The van der Waals surface area contributed by atoms with Crippen LogP contribution in [-0.2, 0) is 11.3 Å². The maximum atomic E-state index is 5.63. The Morgan fingerprint density at radius 1 is 0.944 bits per heavy atom. The molecule has 2 aromatic carbocycles. The van der Waals surface area contributed by atoms with Crippen molar-refractivity contribution < 1.29 is 4.74 Å². The summed E-state index contributed by atoms with van der Waals surface area (Å²) < 4.78 is 6.88. The molecule has 0 aliphatic heterocycles. The Morgan fingerprint density at radius 2 is 1.67 bits per heavy atom. The SMILES string of the molecule is Ic1ccccc1COC/C=C/c1ccccc1. The lowest BCUT2D eigenvalue weighted by molar-refractivity contribution is 0.148. The van der Waals surface area contributed by atoms with E-state index in [1.54, 1.807) is 0 Å². The van der Waals surface area contributed by atoms with Gasteiger partial charge in [0.2, 0.25) is 0 Å². The average Bonchev–Trinajstić information content (AvgIpc) is 2.42. The number of halogens is 1. The van der Waals surface area contributed by atoms with E-state index in [4.69, 9.17) is 4.74 Å². The zero-order valence-electron chi connectivity index (χ0n) is 10.1. The summed E-state index contributed by atoms with van der Waals surface area (Å²) >= 11 is 2.33. The lowest BCUT2D eigenvalue weighted by Gasteiger charge is -2.03. The summed E-state index contributed by atoms with van der Waals surface area (Å²) in [5.41, 5.74) is 2.45. The summed E-state index contributed by atoms with van der Waals surface area (Å²) in [7, 11) is 0. The molecule has 2 rings (SSSR count). The Hall–Kier alpha value is -1.13. The quantitative estimate of drug-likeness (QED) is 0.569. The van der Waals surface area contributed by atoms with Crippen LogP contribution in [0.15, 0.2) is 60.7 Å². The summed E-state index contributed by atoms with van der Waals surface area (Å²) in [5, 5.41) is 0. The number of benzene rings is 2. The highest BCUT2D eigenvalue weighted by molar-refractivity contribution is 14.1. The first-order valence-corrected chi connectivity index (χ1v) is 6.97. The minimum absolute atomic E-state index is 0.639. The van der Waals surface area contributed by atoms with Gasteiger partial charge in [0.15, 0.2) is 0 Å². The van der Waals surface area contributed by atoms with Crippen molar-refractivity contribution in [2.45, 2.75) is 6.61 Å². The topological polar surface area (TPSA) is 9.23 Å². The summed E-state index contributed by atoms with van der Waals surface area (Å²) in [6, 6.07) is 18.5. The summed E-state index contributed by atoms with van der Waals surface area (Å²) in [6.07, 6.45) is 4.13. The van der Waals surface area contributed by atoms with E-state index in [2.05, 4.69) is 52.9 Å². The van der Waals surface area contributed by atoms with Gasteiger partial charge in [0.25, 0.3) is 0 Å². The Balaban J connectivity index is 1.77. The highest BCUT2D eigenvalue weighted by Crippen LogP contribution is 2.12. The van der Waals surface area contributed by atoms with Crippen molar-refractivity contribution in [3.63, 3.8) is 0 Å².